The fourth-order valence-electron chi connectivity index (χ4n) is 1.71. The van der Waals surface area contributed by atoms with Gasteiger partial charge in [0.2, 0.25) is 15.9 Å². The molecule has 0 bridgehead atoms. The van der Waals surface area contributed by atoms with Crippen molar-refractivity contribution >= 4 is 21.9 Å². The Morgan fingerprint density at radius 3 is 2.25 bits per heavy atom. The third-order valence-corrected chi connectivity index (χ3v) is 4.43. The Kier molecular flexibility index (Phi) is 9.20. The number of hydrogen-bond donors (Lipinski definition) is 1. The second-order valence-electron chi connectivity index (χ2n) is 4.56. The molecule has 0 aromatic rings. The van der Waals surface area contributed by atoms with Crippen molar-refractivity contribution < 1.29 is 22.7 Å². The molecule has 0 fully saturated rings. The van der Waals surface area contributed by atoms with Crippen LogP contribution in [-0.4, -0.2) is 32.2 Å². The fraction of sp³-hybridized carbons (Fsp3) is 0.846. The van der Waals surface area contributed by atoms with E-state index in [2.05, 4.69) is 0 Å². The van der Waals surface area contributed by atoms with Crippen molar-refractivity contribution in [1.29, 1.82) is 0 Å². The second-order valence-corrected chi connectivity index (χ2v) is 6.42. The van der Waals surface area contributed by atoms with Crippen LogP contribution in [0, 0.1) is 0 Å². The van der Waals surface area contributed by atoms with Gasteiger partial charge >= 0.3 is 5.97 Å². The van der Waals surface area contributed by atoms with Crippen LogP contribution in [0.15, 0.2) is 0 Å². The SMILES string of the molecule is CCCCCC(=O)NS(=O)(=O)[C@H](CCC)C(=O)OCC. The van der Waals surface area contributed by atoms with Crippen LogP contribution in [0.25, 0.3) is 0 Å². The first-order chi connectivity index (χ1) is 9.38. The van der Waals surface area contributed by atoms with E-state index in [0.717, 1.165) is 12.8 Å². The zero-order valence-corrected chi connectivity index (χ0v) is 13.3. The Hall–Kier alpha value is -1.11. The molecule has 118 valence electrons. The highest BCUT2D eigenvalue weighted by molar-refractivity contribution is 7.91. The predicted octanol–water partition coefficient (Wildman–Crippen LogP) is 1.74. The maximum atomic E-state index is 12.0. The van der Waals surface area contributed by atoms with Gasteiger partial charge in [-0.1, -0.05) is 33.1 Å². The first-order valence-corrected chi connectivity index (χ1v) is 8.64. The molecule has 0 radical (unpaired) electrons. The van der Waals surface area contributed by atoms with Gasteiger partial charge in [0.25, 0.3) is 0 Å². The van der Waals surface area contributed by atoms with Crippen LogP contribution >= 0.6 is 0 Å². The standard InChI is InChI=1S/C13H25NO5S/c1-4-7-8-10-12(15)14-20(17,18)11(9-5-2)13(16)19-6-3/h11H,4-10H2,1-3H3,(H,14,15)/t11-/m1/s1. The molecule has 0 saturated carbocycles. The van der Waals surface area contributed by atoms with Crippen LogP contribution < -0.4 is 4.72 Å². The number of sulfonamides is 1. The van der Waals surface area contributed by atoms with Gasteiger partial charge in [-0.05, 0) is 19.8 Å². The lowest BCUT2D eigenvalue weighted by Crippen LogP contribution is -2.43. The van der Waals surface area contributed by atoms with Gasteiger partial charge in [0.05, 0.1) is 6.61 Å². The van der Waals surface area contributed by atoms with Gasteiger partial charge < -0.3 is 4.74 Å². The maximum absolute atomic E-state index is 12.0. The van der Waals surface area contributed by atoms with Gasteiger partial charge in [-0.2, -0.15) is 0 Å². The number of carbonyl (C=O) groups is 2. The van der Waals surface area contributed by atoms with E-state index >= 15 is 0 Å². The van der Waals surface area contributed by atoms with Crippen LogP contribution in [0.3, 0.4) is 0 Å². The number of rotatable bonds is 10. The van der Waals surface area contributed by atoms with Gasteiger partial charge in [-0.3, -0.25) is 14.3 Å². The van der Waals surface area contributed by atoms with Crippen molar-refractivity contribution in [2.24, 2.45) is 0 Å². The predicted molar refractivity (Wildman–Crippen MR) is 76.5 cm³/mol. The Labute approximate surface area is 121 Å². The average Bonchev–Trinajstić information content (AvgIpc) is 2.35. The Bertz CT molecular complexity index is 405. The highest BCUT2D eigenvalue weighted by Crippen LogP contribution is 2.10. The lowest BCUT2D eigenvalue weighted by Gasteiger charge is -2.16. The molecule has 1 atom stereocenters. The minimum atomic E-state index is -4.02. The van der Waals surface area contributed by atoms with Gasteiger partial charge in [-0.15, -0.1) is 0 Å². The van der Waals surface area contributed by atoms with Gasteiger partial charge in [0.1, 0.15) is 0 Å². The molecule has 0 aromatic heterocycles. The normalized spacial score (nSPS) is 12.8. The highest BCUT2D eigenvalue weighted by atomic mass is 32.2. The number of carbonyl (C=O) groups excluding carboxylic acids is 2. The smallest absolute Gasteiger partial charge is 0.326 e. The monoisotopic (exact) mass is 307 g/mol. The Morgan fingerprint density at radius 2 is 1.75 bits per heavy atom. The van der Waals surface area contributed by atoms with Crippen LogP contribution in [0.2, 0.25) is 0 Å². The summed E-state index contributed by atoms with van der Waals surface area (Å²) in [7, 11) is -4.02. The number of ether oxygens (including phenoxy) is 1. The molecule has 7 heteroatoms. The zero-order chi connectivity index (χ0) is 15.6. The van der Waals surface area contributed by atoms with Crippen molar-refractivity contribution in [3.8, 4) is 0 Å². The van der Waals surface area contributed by atoms with Crippen molar-refractivity contribution in [2.75, 3.05) is 6.61 Å². The van der Waals surface area contributed by atoms with E-state index in [1.54, 1.807) is 13.8 Å². The summed E-state index contributed by atoms with van der Waals surface area (Å²) >= 11 is 0. The molecule has 0 heterocycles. The molecule has 1 amide bonds. The van der Waals surface area contributed by atoms with Gasteiger partial charge in [0, 0.05) is 6.42 Å². The van der Waals surface area contributed by atoms with Crippen LogP contribution in [-0.2, 0) is 24.3 Å². The third kappa shape index (κ3) is 6.88. The summed E-state index contributed by atoms with van der Waals surface area (Å²) in [6, 6.07) is 0. The maximum Gasteiger partial charge on any atom is 0.326 e. The minimum Gasteiger partial charge on any atom is -0.465 e. The molecule has 0 aromatic carbocycles. The topological polar surface area (TPSA) is 89.5 Å². The molecule has 0 unspecified atom stereocenters. The van der Waals surface area contributed by atoms with Crippen molar-refractivity contribution in [1.82, 2.24) is 4.72 Å². The summed E-state index contributed by atoms with van der Waals surface area (Å²) in [6.07, 6.45) is 3.24. The molecule has 0 aliphatic heterocycles. The van der Waals surface area contributed by atoms with Gasteiger partial charge in [0.15, 0.2) is 5.25 Å². The zero-order valence-electron chi connectivity index (χ0n) is 12.5. The lowest BCUT2D eigenvalue weighted by molar-refractivity contribution is -0.142. The number of esters is 1. The third-order valence-electron chi connectivity index (χ3n) is 2.74. The minimum absolute atomic E-state index is 0.110. The summed E-state index contributed by atoms with van der Waals surface area (Å²) in [5, 5.41) is -1.32. The number of hydrogen-bond acceptors (Lipinski definition) is 5. The quantitative estimate of drug-likeness (QED) is 0.490. The molecule has 20 heavy (non-hydrogen) atoms. The van der Waals surface area contributed by atoms with E-state index in [0.29, 0.717) is 12.8 Å². The summed E-state index contributed by atoms with van der Waals surface area (Å²) < 4.78 is 30.8. The first kappa shape index (κ1) is 18.9. The largest absolute Gasteiger partial charge is 0.465 e. The molecular weight excluding hydrogens is 282 g/mol. The second kappa shape index (κ2) is 9.74. The summed E-state index contributed by atoms with van der Waals surface area (Å²) in [5.74, 6) is -1.37. The highest BCUT2D eigenvalue weighted by Gasteiger charge is 2.34. The number of unbranched alkanes of at least 4 members (excludes halogenated alkanes) is 2. The van der Waals surface area contributed by atoms with E-state index in [4.69, 9.17) is 4.74 Å². The fourth-order valence-corrected chi connectivity index (χ4v) is 3.14. The van der Waals surface area contributed by atoms with Crippen molar-refractivity contribution in [2.45, 2.75) is 64.5 Å². The average molecular weight is 307 g/mol. The summed E-state index contributed by atoms with van der Waals surface area (Å²) in [4.78, 5) is 23.2. The van der Waals surface area contributed by atoms with E-state index in [1.165, 1.54) is 0 Å². The number of nitrogens with one attached hydrogen (secondary N) is 1. The summed E-state index contributed by atoms with van der Waals surface area (Å²) in [6.45, 7) is 5.48. The Balaban J connectivity index is 4.69. The molecule has 6 nitrogen and oxygen atoms in total. The molecule has 1 N–H and O–H groups in total. The molecule has 0 rings (SSSR count). The molecule has 0 saturated heterocycles. The van der Waals surface area contributed by atoms with E-state index in [9.17, 15) is 18.0 Å². The number of amides is 1. The molecule has 0 aliphatic rings. The molecule has 0 spiro atoms. The van der Waals surface area contributed by atoms with E-state index in [-0.39, 0.29) is 19.4 Å². The van der Waals surface area contributed by atoms with E-state index in [1.807, 2.05) is 11.6 Å². The molecular formula is C13H25NO5S. The first-order valence-electron chi connectivity index (χ1n) is 7.10. The van der Waals surface area contributed by atoms with Crippen molar-refractivity contribution in [3.05, 3.63) is 0 Å². The van der Waals surface area contributed by atoms with Crippen molar-refractivity contribution in [3.63, 3.8) is 0 Å². The Morgan fingerprint density at radius 1 is 1.10 bits per heavy atom. The molecule has 0 aliphatic carbocycles. The van der Waals surface area contributed by atoms with Crippen LogP contribution in [0.5, 0.6) is 0 Å². The van der Waals surface area contributed by atoms with Gasteiger partial charge in [-0.25, -0.2) is 8.42 Å². The van der Waals surface area contributed by atoms with Crippen LogP contribution in [0.1, 0.15) is 59.3 Å². The summed E-state index contributed by atoms with van der Waals surface area (Å²) in [5.41, 5.74) is 0. The van der Waals surface area contributed by atoms with Crippen LogP contribution in [0.4, 0.5) is 0 Å². The van der Waals surface area contributed by atoms with E-state index < -0.39 is 27.1 Å². The lowest BCUT2D eigenvalue weighted by atomic mass is 10.2.